The normalized spacial score (nSPS) is 15.4. The lowest BCUT2D eigenvalue weighted by atomic mass is 10.1. The van der Waals surface area contributed by atoms with Gasteiger partial charge in [0.15, 0.2) is 0 Å². The molecule has 19 heavy (non-hydrogen) atoms. The van der Waals surface area contributed by atoms with Crippen LogP contribution in [0.1, 0.15) is 18.4 Å². The van der Waals surface area contributed by atoms with Crippen LogP contribution in [0.5, 0.6) is 0 Å². The van der Waals surface area contributed by atoms with Crippen molar-refractivity contribution < 1.29 is 19.1 Å². The van der Waals surface area contributed by atoms with Crippen molar-refractivity contribution in [1.29, 1.82) is 0 Å². The molecule has 1 aliphatic heterocycles. The predicted molar refractivity (Wildman–Crippen MR) is 69.0 cm³/mol. The molecule has 1 heterocycles. The summed E-state index contributed by atoms with van der Waals surface area (Å²) in [6, 6.07) is 4.35. The Hall–Kier alpha value is -1.76. The van der Waals surface area contributed by atoms with Crippen LogP contribution in [0, 0.1) is 5.82 Å². The van der Waals surface area contributed by atoms with Gasteiger partial charge in [-0.3, -0.25) is 4.79 Å². The molecule has 1 aliphatic rings. The average Bonchev–Trinajstić information content (AvgIpc) is 2.36. The van der Waals surface area contributed by atoms with E-state index in [-0.39, 0.29) is 36.6 Å². The maximum Gasteiger partial charge on any atom is 0.352 e. The smallest absolute Gasteiger partial charge is 0.352 e. The molecule has 1 amide bonds. The first-order valence-corrected chi connectivity index (χ1v) is 6.31. The van der Waals surface area contributed by atoms with E-state index in [1.165, 1.54) is 12.1 Å². The largest absolute Gasteiger partial charge is 0.477 e. The Morgan fingerprint density at radius 3 is 2.89 bits per heavy atom. The summed E-state index contributed by atoms with van der Waals surface area (Å²) in [6.45, 7) is -0.0825. The lowest BCUT2D eigenvalue weighted by Crippen LogP contribution is -2.34. The van der Waals surface area contributed by atoms with Gasteiger partial charge < -0.3 is 5.11 Å². The fourth-order valence-corrected chi connectivity index (χ4v) is 2.11. The Morgan fingerprint density at radius 1 is 1.47 bits per heavy atom. The van der Waals surface area contributed by atoms with Gasteiger partial charge in [0.2, 0.25) is 5.91 Å². The van der Waals surface area contributed by atoms with E-state index in [1.54, 1.807) is 6.07 Å². The second-order valence-electron chi connectivity index (χ2n) is 4.04. The molecule has 0 unspecified atom stereocenters. The Bertz CT molecular complexity index is 574. The molecule has 0 fully saturated rings. The van der Waals surface area contributed by atoms with Gasteiger partial charge in [-0.15, -0.1) is 0 Å². The van der Waals surface area contributed by atoms with Gasteiger partial charge in [0, 0.05) is 22.9 Å². The van der Waals surface area contributed by atoms with Crippen LogP contribution in [0.3, 0.4) is 0 Å². The lowest BCUT2D eigenvalue weighted by molar-refractivity contribution is -0.133. The number of hydrazone groups is 1. The zero-order chi connectivity index (χ0) is 14.0. The van der Waals surface area contributed by atoms with Gasteiger partial charge in [-0.25, -0.2) is 14.2 Å². The van der Waals surface area contributed by atoms with E-state index in [0.29, 0.717) is 4.47 Å². The van der Waals surface area contributed by atoms with Crippen molar-refractivity contribution >= 4 is 33.5 Å². The molecule has 0 atom stereocenters. The van der Waals surface area contributed by atoms with Crippen molar-refractivity contribution in [2.24, 2.45) is 5.10 Å². The zero-order valence-corrected chi connectivity index (χ0v) is 11.4. The number of carbonyl (C=O) groups excluding carboxylic acids is 1. The molecule has 0 radical (unpaired) electrons. The molecule has 100 valence electrons. The molecule has 0 aliphatic carbocycles. The Morgan fingerprint density at radius 2 is 2.21 bits per heavy atom. The number of halogens is 2. The summed E-state index contributed by atoms with van der Waals surface area (Å²) in [5.41, 5.74) is 0.188. The van der Waals surface area contributed by atoms with E-state index >= 15 is 0 Å². The first-order valence-electron chi connectivity index (χ1n) is 5.52. The number of carboxylic acids is 1. The standard InChI is InChI=1S/C12H10BrFN2O3/c13-8-1-2-9(14)7(5-8)6-16-11(17)4-3-10(15-16)12(18)19/h1-2,5H,3-4,6H2,(H,18,19). The maximum atomic E-state index is 13.6. The van der Waals surface area contributed by atoms with Crippen LogP contribution in [0.15, 0.2) is 27.8 Å². The van der Waals surface area contributed by atoms with E-state index in [0.717, 1.165) is 5.01 Å². The third-order valence-corrected chi connectivity index (χ3v) is 3.17. The summed E-state index contributed by atoms with van der Waals surface area (Å²) < 4.78 is 14.3. The second kappa shape index (κ2) is 5.48. The molecule has 0 saturated carbocycles. The van der Waals surface area contributed by atoms with Gasteiger partial charge in [-0.1, -0.05) is 15.9 Å². The van der Waals surface area contributed by atoms with E-state index in [9.17, 15) is 14.0 Å². The molecule has 2 rings (SSSR count). The fourth-order valence-electron chi connectivity index (χ4n) is 1.70. The number of carbonyl (C=O) groups is 2. The summed E-state index contributed by atoms with van der Waals surface area (Å²) in [5.74, 6) is -1.94. The highest BCUT2D eigenvalue weighted by Gasteiger charge is 2.24. The molecule has 1 aromatic rings. The predicted octanol–water partition coefficient (Wildman–Crippen LogP) is 2.15. The summed E-state index contributed by atoms with van der Waals surface area (Å²) >= 11 is 3.21. The molecule has 1 aromatic carbocycles. The fraction of sp³-hybridized carbons (Fsp3) is 0.250. The quantitative estimate of drug-likeness (QED) is 0.924. The highest BCUT2D eigenvalue weighted by Crippen LogP contribution is 2.19. The molecule has 0 spiro atoms. The summed E-state index contributed by atoms with van der Waals surface area (Å²) in [4.78, 5) is 22.5. The summed E-state index contributed by atoms with van der Waals surface area (Å²) in [6.07, 6.45) is 0.173. The first kappa shape index (κ1) is 13.7. The van der Waals surface area contributed by atoms with Gasteiger partial charge in [-0.2, -0.15) is 5.10 Å². The molecule has 0 saturated heterocycles. The van der Waals surface area contributed by atoms with Crippen molar-refractivity contribution in [3.05, 3.63) is 34.1 Å². The zero-order valence-electron chi connectivity index (χ0n) is 9.77. The van der Waals surface area contributed by atoms with Gasteiger partial charge >= 0.3 is 5.97 Å². The van der Waals surface area contributed by atoms with Crippen LogP contribution in [-0.2, 0) is 16.1 Å². The third-order valence-electron chi connectivity index (χ3n) is 2.68. The minimum absolute atomic E-state index is 0.0702. The number of aliphatic carboxylic acids is 1. The third kappa shape index (κ3) is 3.17. The van der Waals surface area contributed by atoms with E-state index in [4.69, 9.17) is 5.11 Å². The summed E-state index contributed by atoms with van der Waals surface area (Å²) in [5, 5.41) is 13.6. The minimum Gasteiger partial charge on any atom is -0.477 e. The van der Waals surface area contributed by atoms with Gasteiger partial charge in [0.25, 0.3) is 0 Å². The molecule has 0 aromatic heterocycles. The van der Waals surface area contributed by atoms with Gasteiger partial charge in [0.1, 0.15) is 11.5 Å². The number of benzene rings is 1. The Kier molecular flexibility index (Phi) is 3.94. The highest BCUT2D eigenvalue weighted by molar-refractivity contribution is 9.10. The van der Waals surface area contributed by atoms with E-state index in [2.05, 4.69) is 21.0 Å². The molecule has 7 heteroatoms. The molecular weight excluding hydrogens is 319 g/mol. The van der Waals surface area contributed by atoms with Crippen molar-refractivity contribution in [2.45, 2.75) is 19.4 Å². The van der Waals surface area contributed by atoms with Crippen molar-refractivity contribution in [3.8, 4) is 0 Å². The number of nitrogens with zero attached hydrogens (tertiary/aromatic N) is 2. The molecule has 1 N–H and O–H groups in total. The Labute approximate surface area is 116 Å². The SMILES string of the molecule is O=C(O)C1=NN(Cc2cc(Br)ccc2F)C(=O)CC1. The molecule has 0 bridgehead atoms. The van der Waals surface area contributed by atoms with Crippen molar-refractivity contribution in [1.82, 2.24) is 5.01 Å². The van der Waals surface area contributed by atoms with Crippen LogP contribution in [-0.4, -0.2) is 27.7 Å². The second-order valence-corrected chi connectivity index (χ2v) is 4.95. The Balaban J connectivity index is 2.25. The van der Waals surface area contributed by atoms with Crippen molar-refractivity contribution in [2.75, 3.05) is 0 Å². The number of amides is 1. The lowest BCUT2D eigenvalue weighted by Gasteiger charge is -2.22. The minimum atomic E-state index is -1.16. The molecular formula is C12H10BrFN2O3. The average molecular weight is 329 g/mol. The molecule has 5 nitrogen and oxygen atoms in total. The van der Waals surface area contributed by atoms with Crippen LogP contribution in [0.2, 0.25) is 0 Å². The monoisotopic (exact) mass is 328 g/mol. The van der Waals surface area contributed by atoms with E-state index in [1.807, 2.05) is 0 Å². The van der Waals surface area contributed by atoms with Gasteiger partial charge in [0.05, 0.1) is 6.54 Å². The number of carboxylic acid groups (broad SMARTS) is 1. The number of hydrogen-bond donors (Lipinski definition) is 1. The van der Waals surface area contributed by atoms with Crippen LogP contribution < -0.4 is 0 Å². The topological polar surface area (TPSA) is 70.0 Å². The summed E-state index contributed by atoms with van der Waals surface area (Å²) in [7, 11) is 0. The highest BCUT2D eigenvalue weighted by atomic mass is 79.9. The van der Waals surface area contributed by atoms with Crippen molar-refractivity contribution in [3.63, 3.8) is 0 Å². The van der Waals surface area contributed by atoms with Gasteiger partial charge in [-0.05, 0) is 18.2 Å². The first-order chi connectivity index (χ1) is 8.97. The van der Waals surface area contributed by atoms with E-state index < -0.39 is 11.8 Å². The number of hydrogen-bond acceptors (Lipinski definition) is 3. The van der Waals surface area contributed by atoms with Crippen LogP contribution in [0.25, 0.3) is 0 Å². The van der Waals surface area contributed by atoms with Crippen LogP contribution >= 0.6 is 15.9 Å². The maximum absolute atomic E-state index is 13.6. The number of rotatable bonds is 3. The van der Waals surface area contributed by atoms with Crippen LogP contribution in [0.4, 0.5) is 4.39 Å².